The molecule has 0 bridgehead atoms. The van der Waals surface area contributed by atoms with Gasteiger partial charge in [-0.05, 0) is 50.3 Å². The minimum atomic E-state index is -0.0340. The molecule has 3 unspecified atom stereocenters. The van der Waals surface area contributed by atoms with E-state index in [4.69, 9.17) is 16.3 Å². The lowest BCUT2D eigenvalue weighted by atomic mass is 9.83. The number of fused-ring (bicyclic) bond motifs is 1. The van der Waals surface area contributed by atoms with Crippen molar-refractivity contribution in [3.63, 3.8) is 0 Å². The summed E-state index contributed by atoms with van der Waals surface area (Å²) in [6.07, 6.45) is 5.20. The molecule has 1 aromatic rings. The van der Waals surface area contributed by atoms with Gasteiger partial charge in [0.25, 0.3) is 5.91 Å². The van der Waals surface area contributed by atoms with E-state index in [0.29, 0.717) is 30.0 Å². The van der Waals surface area contributed by atoms with Crippen molar-refractivity contribution < 1.29 is 14.3 Å². The zero-order valence-corrected chi connectivity index (χ0v) is 18.6. The predicted molar refractivity (Wildman–Crippen MR) is 119 cm³/mol. The third-order valence-corrected chi connectivity index (χ3v) is 7.34. The molecule has 0 radical (unpaired) electrons. The lowest BCUT2D eigenvalue weighted by molar-refractivity contribution is -0.131. The van der Waals surface area contributed by atoms with Gasteiger partial charge in [0.15, 0.2) is 0 Å². The number of hydrogen-bond donors (Lipinski definition) is 1. The molecule has 1 aliphatic heterocycles. The molecular formula is C22H29ClN2O3S. The fourth-order valence-corrected chi connectivity index (χ4v) is 5.60. The number of likely N-dealkylation sites (N-methyl/N-ethyl adjacent to an activating group) is 1. The van der Waals surface area contributed by atoms with Crippen LogP contribution >= 0.6 is 23.4 Å². The summed E-state index contributed by atoms with van der Waals surface area (Å²) < 4.78 is 5.31. The lowest BCUT2D eigenvalue weighted by Gasteiger charge is -2.44. The highest BCUT2D eigenvalue weighted by molar-refractivity contribution is 8.04. The number of hydrogen-bond acceptors (Lipinski definition) is 4. The smallest absolute Gasteiger partial charge is 0.260 e. The molecule has 1 N–H and O–H groups in total. The fraction of sp³-hybridized carbons (Fsp3) is 0.545. The van der Waals surface area contributed by atoms with E-state index < -0.39 is 0 Å². The Bertz CT molecular complexity index is 770. The Morgan fingerprint density at radius 1 is 1.38 bits per heavy atom. The summed E-state index contributed by atoms with van der Waals surface area (Å²) >= 11 is 7.89. The van der Waals surface area contributed by atoms with E-state index in [-0.39, 0.29) is 23.8 Å². The Kier molecular flexibility index (Phi) is 8.04. The summed E-state index contributed by atoms with van der Waals surface area (Å²) in [6, 6.07) is 7.63. The van der Waals surface area contributed by atoms with Crippen LogP contribution in [-0.2, 0) is 14.3 Å². The van der Waals surface area contributed by atoms with E-state index in [0.717, 1.165) is 36.2 Å². The van der Waals surface area contributed by atoms with Crippen LogP contribution in [0.2, 0.25) is 5.02 Å². The normalized spacial score (nSPS) is 25.8. The third-order valence-electron chi connectivity index (χ3n) is 5.59. The number of thioether (sulfide) groups is 1. The summed E-state index contributed by atoms with van der Waals surface area (Å²) in [5.41, 5.74) is 0.858. The highest BCUT2D eigenvalue weighted by atomic mass is 35.5. The monoisotopic (exact) mass is 436 g/mol. The van der Waals surface area contributed by atoms with Gasteiger partial charge in [-0.3, -0.25) is 9.59 Å². The van der Waals surface area contributed by atoms with E-state index in [9.17, 15) is 9.59 Å². The highest BCUT2D eigenvalue weighted by Gasteiger charge is 2.42. The Hall–Kier alpha value is -1.50. The second-order valence-electron chi connectivity index (χ2n) is 7.52. The van der Waals surface area contributed by atoms with Gasteiger partial charge in [0.1, 0.15) is 0 Å². The maximum atomic E-state index is 12.9. The molecule has 1 aromatic carbocycles. The zero-order chi connectivity index (χ0) is 20.8. The van der Waals surface area contributed by atoms with Gasteiger partial charge in [-0.15, -0.1) is 11.8 Å². The van der Waals surface area contributed by atoms with Crippen molar-refractivity contribution in [2.45, 2.75) is 43.9 Å². The summed E-state index contributed by atoms with van der Waals surface area (Å²) in [5.74, 6) is 0.0745. The first-order chi connectivity index (χ1) is 14.0. The van der Waals surface area contributed by atoms with Crippen LogP contribution in [-0.4, -0.2) is 54.8 Å². The van der Waals surface area contributed by atoms with Gasteiger partial charge in [0.05, 0.1) is 4.91 Å². The Morgan fingerprint density at radius 2 is 2.17 bits per heavy atom. The summed E-state index contributed by atoms with van der Waals surface area (Å²) in [5, 5.41) is 3.98. The van der Waals surface area contributed by atoms with Crippen molar-refractivity contribution in [1.82, 2.24) is 10.2 Å². The average Bonchev–Trinajstić information content (AvgIpc) is 2.73. The number of carbonyl (C=O) groups excluding carboxylic acids is 2. The third kappa shape index (κ3) is 5.56. The quantitative estimate of drug-likeness (QED) is 0.519. The van der Waals surface area contributed by atoms with E-state index in [1.165, 1.54) is 0 Å². The van der Waals surface area contributed by atoms with E-state index >= 15 is 0 Å². The molecule has 2 amide bonds. The Morgan fingerprint density at radius 3 is 2.93 bits per heavy atom. The van der Waals surface area contributed by atoms with Crippen molar-refractivity contribution in [3.05, 3.63) is 39.8 Å². The van der Waals surface area contributed by atoms with E-state index in [1.807, 2.05) is 49.2 Å². The molecule has 2 fully saturated rings. The summed E-state index contributed by atoms with van der Waals surface area (Å²) in [7, 11) is 1.85. The molecule has 158 valence electrons. The van der Waals surface area contributed by atoms with Crippen LogP contribution in [0.15, 0.2) is 29.2 Å². The number of ether oxygens (including phenoxy) is 1. The van der Waals surface area contributed by atoms with Crippen molar-refractivity contribution in [1.29, 1.82) is 0 Å². The van der Waals surface area contributed by atoms with Crippen LogP contribution < -0.4 is 5.32 Å². The molecule has 1 saturated heterocycles. The molecule has 0 aromatic heterocycles. The SMILES string of the molecule is CCOCCCNC(=O)C1CCC2S/C(=C\c3ccccc3Cl)C(=O)N(C)C2C1. The lowest BCUT2D eigenvalue weighted by Crippen LogP contribution is -2.52. The first-order valence-corrected chi connectivity index (χ1v) is 11.5. The zero-order valence-electron chi connectivity index (χ0n) is 17.0. The number of amides is 2. The van der Waals surface area contributed by atoms with Crippen molar-refractivity contribution >= 4 is 41.3 Å². The minimum Gasteiger partial charge on any atom is -0.382 e. The molecule has 1 heterocycles. The van der Waals surface area contributed by atoms with Gasteiger partial charge in [-0.1, -0.05) is 29.8 Å². The summed E-state index contributed by atoms with van der Waals surface area (Å²) in [4.78, 5) is 28.0. The number of nitrogens with one attached hydrogen (secondary N) is 1. The standard InChI is InChI=1S/C22H29ClN2O3S/c1-3-28-12-6-11-24-21(26)16-9-10-19-18(13-16)25(2)22(27)20(29-19)14-15-7-4-5-8-17(15)23/h4-5,7-8,14,16,18-19H,3,6,9-13H2,1-2H3,(H,24,26)/b20-14-. The van der Waals surface area contributed by atoms with Gasteiger partial charge in [0.2, 0.25) is 5.91 Å². The molecule has 3 atom stereocenters. The highest BCUT2D eigenvalue weighted by Crippen LogP contribution is 2.43. The van der Waals surface area contributed by atoms with Gasteiger partial charge in [0, 0.05) is 49.0 Å². The van der Waals surface area contributed by atoms with Crippen LogP contribution in [0.5, 0.6) is 0 Å². The molecule has 5 nitrogen and oxygen atoms in total. The second-order valence-corrected chi connectivity index (χ2v) is 9.21. The first kappa shape index (κ1) is 22.2. The molecule has 3 rings (SSSR count). The molecule has 7 heteroatoms. The second kappa shape index (κ2) is 10.5. The largest absolute Gasteiger partial charge is 0.382 e. The van der Waals surface area contributed by atoms with Crippen LogP contribution in [0.3, 0.4) is 0 Å². The van der Waals surface area contributed by atoms with Crippen molar-refractivity contribution in [2.24, 2.45) is 5.92 Å². The molecule has 0 spiro atoms. The Balaban J connectivity index is 1.60. The van der Waals surface area contributed by atoms with Gasteiger partial charge in [-0.2, -0.15) is 0 Å². The predicted octanol–water partition coefficient (Wildman–Crippen LogP) is 3.97. The number of carbonyl (C=O) groups is 2. The van der Waals surface area contributed by atoms with Crippen molar-refractivity contribution in [2.75, 3.05) is 26.8 Å². The molecular weight excluding hydrogens is 408 g/mol. The molecule has 2 aliphatic rings. The van der Waals surface area contributed by atoms with Crippen molar-refractivity contribution in [3.8, 4) is 0 Å². The topological polar surface area (TPSA) is 58.6 Å². The van der Waals surface area contributed by atoms with Gasteiger partial charge < -0.3 is 15.0 Å². The molecule has 1 aliphatic carbocycles. The maximum Gasteiger partial charge on any atom is 0.260 e. The van der Waals surface area contributed by atoms with Crippen LogP contribution in [0.4, 0.5) is 0 Å². The van der Waals surface area contributed by atoms with E-state index in [2.05, 4.69) is 5.32 Å². The van der Waals surface area contributed by atoms with E-state index in [1.54, 1.807) is 11.8 Å². The summed E-state index contributed by atoms with van der Waals surface area (Å²) in [6.45, 7) is 3.97. The average molecular weight is 437 g/mol. The van der Waals surface area contributed by atoms with Crippen LogP contribution in [0.1, 0.15) is 38.2 Å². The van der Waals surface area contributed by atoms with Crippen LogP contribution in [0.25, 0.3) is 6.08 Å². The maximum absolute atomic E-state index is 12.9. The number of benzene rings is 1. The number of rotatable bonds is 7. The van der Waals surface area contributed by atoms with Crippen LogP contribution in [0, 0.1) is 5.92 Å². The number of nitrogens with zero attached hydrogens (tertiary/aromatic N) is 1. The molecule has 1 saturated carbocycles. The van der Waals surface area contributed by atoms with Gasteiger partial charge in [-0.25, -0.2) is 0 Å². The number of halogens is 1. The first-order valence-electron chi connectivity index (χ1n) is 10.3. The minimum absolute atomic E-state index is 0.00828. The van der Waals surface area contributed by atoms with Gasteiger partial charge >= 0.3 is 0 Å². The Labute approximate surface area is 182 Å². The fourth-order valence-electron chi connectivity index (χ4n) is 3.94. The molecule has 29 heavy (non-hydrogen) atoms.